The quantitative estimate of drug-likeness (QED) is 0.749. The smallest absolute Gasteiger partial charge is 0.153 e. The van der Waals surface area contributed by atoms with Crippen molar-refractivity contribution in [1.82, 2.24) is 0 Å². The molecule has 1 saturated carbocycles. The van der Waals surface area contributed by atoms with E-state index >= 15 is 0 Å². The summed E-state index contributed by atoms with van der Waals surface area (Å²) in [6.45, 7) is 6.61. The minimum Gasteiger partial charge on any atom is -0.490 e. The highest BCUT2D eigenvalue weighted by Crippen LogP contribution is 2.36. The van der Waals surface area contributed by atoms with Crippen LogP contribution in [0.2, 0.25) is 0 Å². The van der Waals surface area contributed by atoms with Crippen molar-refractivity contribution in [3.05, 3.63) is 29.3 Å². The van der Waals surface area contributed by atoms with E-state index < -0.39 is 0 Å². The molecule has 2 rings (SSSR count). The molecule has 0 spiro atoms. The largest absolute Gasteiger partial charge is 0.490 e. The molecule has 1 aromatic carbocycles. The number of ether oxygens (including phenoxy) is 1. The molecule has 0 unspecified atom stereocenters. The molecular formula is C16H22O2. The van der Waals surface area contributed by atoms with E-state index in [-0.39, 0.29) is 6.10 Å². The highest BCUT2D eigenvalue weighted by Gasteiger charge is 2.28. The molecule has 2 nitrogen and oxygen atoms in total. The number of aldehydes is 1. The summed E-state index contributed by atoms with van der Waals surface area (Å²) >= 11 is 0. The van der Waals surface area contributed by atoms with Crippen LogP contribution in [0, 0.1) is 12.3 Å². The Balaban J connectivity index is 2.04. The Hall–Kier alpha value is -1.31. The van der Waals surface area contributed by atoms with Crippen molar-refractivity contribution in [3.63, 3.8) is 0 Å². The molecule has 0 saturated heterocycles. The van der Waals surface area contributed by atoms with Crippen molar-refractivity contribution in [1.29, 1.82) is 0 Å². The van der Waals surface area contributed by atoms with Crippen LogP contribution in [0.15, 0.2) is 18.2 Å². The summed E-state index contributed by atoms with van der Waals surface area (Å²) in [6.07, 6.45) is 5.70. The molecule has 2 heteroatoms. The normalized spacial score (nSPS) is 19.5. The van der Waals surface area contributed by atoms with Crippen LogP contribution in [0.3, 0.4) is 0 Å². The second kappa shape index (κ2) is 5.13. The van der Waals surface area contributed by atoms with Crippen molar-refractivity contribution >= 4 is 6.29 Å². The van der Waals surface area contributed by atoms with Crippen LogP contribution in [0.4, 0.5) is 0 Å². The molecular weight excluding hydrogens is 224 g/mol. The molecule has 18 heavy (non-hydrogen) atoms. The Morgan fingerprint density at radius 3 is 2.56 bits per heavy atom. The molecule has 0 bridgehead atoms. The van der Waals surface area contributed by atoms with E-state index in [0.717, 1.165) is 30.4 Å². The molecule has 1 aliphatic carbocycles. The van der Waals surface area contributed by atoms with Crippen LogP contribution in [0.25, 0.3) is 0 Å². The van der Waals surface area contributed by atoms with E-state index in [2.05, 4.69) is 13.8 Å². The van der Waals surface area contributed by atoms with Gasteiger partial charge in [0, 0.05) is 0 Å². The third-order valence-corrected chi connectivity index (χ3v) is 3.87. The first kappa shape index (κ1) is 13.1. The zero-order chi connectivity index (χ0) is 13.2. The van der Waals surface area contributed by atoms with Gasteiger partial charge in [-0.25, -0.2) is 0 Å². The van der Waals surface area contributed by atoms with E-state index in [1.807, 2.05) is 25.1 Å². The minimum absolute atomic E-state index is 0.263. The number of benzene rings is 1. The van der Waals surface area contributed by atoms with Gasteiger partial charge in [-0.1, -0.05) is 25.5 Å². The molecule has 0 N–H and O–H groups in total. The van der Waals surface area contributed by atoms with Crippen molar-refractivity contribution < 1.29 is 9.53 Å². The molecule has 0 aliphatic heterocycles. The average molecular weight is 246 g/mol. The fourth-order valence-electron chi connectivity index (χ4n) is 2.54. The molecule has 1 aromatic rings. The number of rotatable bonds is 3. The predicted molar refractivity (Wildman–Crippen MR) is 73.2 cm³/mol. The SMILES string of the molecule is Cc1ccc(OC2CCC(C)(C)CC2)c(C=O)c1. The monoisotopic (exact) mass is 246 g/mol. The third kappa shape index (κ3) is 3.12. The summed E-state index contributed by atoms with van der Waals surface area (Å²) < 4.78 is 5.99. The van der Waals surface area contributed by atoms with Crippen LogP contribution in [-0.4, -0.2) is 12.4 Å². The van der Waals surface area contributed by atoms with E-state index in [0.29, 0.717) is 11.0 Å². The van der Waals surface area contributed by atoms with Gasteiger partial charge in [-0.3, -0.25) is 4.79 Å². The maximum atomic E-state index is 11.0. The number of carbonyl (C=O) groups is 1. The lowest BCUT2D eigenvalue weighted by atomic mass is 9.76. The fraction of sp³-hybridized carbons (Fsp3) is 0.562. The van der Waals surface area contributed by atoms with Crippen LogP contribution in [0.1, 0.15) is 55.5 Å². The first-order valence-corrected chi connectivity index (χ1v) is 6.73. The van der Waals surface area contributed by atoms with E-state index in [1.54, 1.807) is 0 Å². The van der Waals surface area contributed by atoms with Gasteiger partial charge in [-0.2, -0.15) is 0 Å². The zero-order valence-electron chi connectivity index (χ0n) is 11.5. The lowest BCUT2D eigenvalue weighted by Gasteiger charge is -2.34. The summed E-state index contributed by atoms with van der Waals surface area (Å²) in [5.41, 5.74) is 2.20. The van der Waals surface area contributed by atoms with Crippen molar-refractivity contribution in [2.45, 2.75) is 52.6 Å². The zero-order valence-corrected chi connectivity index (χ0v) is 11.5. The van der Waals surface area contributed by atoms with Crippen molar-refractivity contribution in [3.8, 4) is 5.75 Å². The Labute approximate surface area is 109 Å². The Bertz CT molecular complexity index is 425. The minimum atomic E-state index is 0.263. The van der Waals surface area contributed by atoms with Gasteiger partial charge < -0.3 is 4.74 Å². The second-order valence-corrected chi connectivity index (χ2v) is 6.14. The van der Waals surface area contributed by atoms with Gasteiger partial charge in [0.25, 0.3) is 0 Å². The maximum Gasteiger partial charge on any atom is 0.153 e. The molecule has 0 atom stereocenters. The van der Waals surface area contributed by atoms with E-state index in [9.17, 15) is 4.79 Å². The van der Waals surface area contributed by atoms with E-state index in [1.165, 1.54) is 12.8 Å². The fourth-order valence-corrected chi connectivity index (χ4v) is 2.54. The van der Waals surface area contributed by atoms with Crippen molar-refractivity contribution in [2.24, 2.45) is 5.41 Å². The van der Waals surface area contributed by atoms with Crippen LogP contribution in [-0.2, 0) is 0 Å². The van der Waals surface area contributed by atoms with Gasteiger partial charge >= 0.3 is 0 Å². The Morgan fingerprint density at radius 1 is 1.28 bits per heavy atom. The summed E-state index contributed by atoms with van der Waals surface area (Å²) in [7, 11) is 0. The molecule has 98 valence electrons. The molecule has 1 fully saturated rings. The standard InChI is InChI=1S/C16H22O2/c1-12-4-5-15(13(10-12)11-17)18-14-6-8-16(2,3)9-7-14/h4-5,10-11,14H,6-9H2,1-3H3. The van der Waals surface area contributed by atoms with Gasteiger partial charge in [0.2, 0.25) is 0 Å². The number of aryl methyl sites for hydroxylation is 1. The predicted octanol–water partition coefficient (Wildman–Crippen LogP) is 4.16. The molecule has 0 heterocycles. The lowest BCUT2D eigenvalue weighted by molar-refractivity contribution is 0.0961. The van der Waals surface area contributed by atoms with Gasteiger partial charge in [0.15, 0.2) is 6.29 Å². The van der Waals surface area contributed by atoms with Gasteiger partial charge in [0.1, 0.15) is 5.75 Å². The van der Waals surface area contributed by atoms with Gasteiger partial charge in [-0.05, 0) is 50.2 Å². The van der Waals surface area contributed by atoms with Crippen LogP contribution >= 0.6 is 0 Å². The topological polar surface area (TPSA) is 26.3 Å². The first-order chi connectivity index (χ1) is 8.50. The summed E-state index contributed by atoms with van der Waals surface area (Å²) in [6, 6.07) is 5.79. The van der Waals surface area contributed by atoms with Crippen LogP contribution in [0.5, 0.6) is 5.75 Å². The lowest BCUT2D eigenvalue weighted by Crippen LogP contribution is -2.28. The highest BCUT2D eigenvalue weighted by atomic mass is 16.5. The summed E-state index contributed by atoms with van der Waals surface area (Å²) in [5, 5.41) is 0. The Morgan fingerprint density at radius 2 is 1.94 bits per heavy atom. The number of hydrogen-bond donors (Lipinski definition) is 0. The molecule has 0 amide bonds. The van der Waals surface area contributed by atoms with E-state index in [4.69, 9.17) is 4.74 Å². The highest BCUT2D eigenvalue weighted by molar-refractivity contribution is 5.79. The van der Waals surface area contributed by atoms with Gasteiger partial charge in [0.05, 0.1) is 11.7 Å². The summed E-state index contributed by atoms with van der Waals surface area (Å²) in [5.74, 6) is 0.736. The molecule has 0 aromatic heterocycles. The van der Waals surface area contributed by atoms with Crippen molar-refractivity contribution in [2.75, 3.05) is 0 Å². The first-order valence-electron chi connectivity index (χ1n) is 6.73. The van der Waals surface area contributed by atoms with Crippen LogP contribution < -0.4 is 4.74 Å². The number of carbonyl (C=O) groups excluding carboxylic acids is 1. The maximum absolute atomic E-state index is 11.0. The molecule has 1 aliphatic rings. The second-order valence-electron chi connectivity index (χ2n) is 6.14. The Kier molecular flexibility index (Phi) is 3.74. The van der Waals surface area contributed by atoms with Gasteiger partial charge in [-0.15, -0.1) is 0 Å². The third-order valence-electron chi connectivity index (χ3n) is 3.87. The summed E-state index contributed by atoms with van der Waals surface area (Å²) in [4.78, 5) is 11.0. The number of hydrogen-bond acceptors (Lipinski definition) is 2. The molecule has 0 radical (unpaired) electrons. The average Bonchev–Trinajstić information content (AvgIpc) is 2.34.